The molecule has 0 spiro atoms. The van der Waals surface area contributed by atoms with E-state index in [9.17, 15) is 4.79 Å². The highest BCUT2D eigenvalue weighted by molar-refractivity contribution is 5.90. The summed E-state index contributed by atoms with van der Waals surface area (Å²) in [6.07, 6.45) is 3.93. The minimum atomic E-state index is 0. The van der Waals surface area contributed by atoms with Crippen LogP contribution in [0.25, 0.3) is 0 Å². The van der Waals surface area contributed by atoms with Gasteiger partial charge in [0.05, 0.1) is 6.61 Å². The molecule has 1 fully saturated rings. The van der Waals surface area contributed by atoms with Gasteiger partial charge in [-0.05, 0) is 62.5 Å². The predicted molar refractivity (Wildman–Crippen MR) is 94.5 cm³/mol. The lowest BCUT2D eigenvalue weighted by molar-refractivity contribution is -0.116. The SMILES string of the molecule is COCCOc1ccc(NC(=O)CCC2CCNCC2)cc1.Cl. The van der Waals surface area contributed by atoms with Crippen molar-refractivity contribution in [1.29, 1.82) is 0 Å². The Balaban J connectivity index is 0.00000264. The van der Waals surface area contributed by atoms with E-state index in [1.54, 1.807) is 7.11 Å². The minimum Gasteiger partial charge on any atom is -0.491 e. The van der Waals surface area contributed by atoms with E-state index in [-0.39, 0.29) is 18.3 Å². The Morgan fingerprint density at radius 3 is 2.57 bits per heavy atom. The number of carbonyl (C=O) groups is 1. The molecule has 1 aromatic rings. The molecule has 1 aromatic carbocycles. The average molecular weight is 343 g/mol. The van der Waals surface area contributed by atoms with E-state index >= 15 is 0 Å². The first-order valence-electron chi connectivity index (χ1n) is 8.00. The van der Waals surface area contributed by atoms with Crippen LogP contribution in [0.15, 0.2) is 24.3 Å². The number of amides is 1. The second-order valence-electron chi connectivity index (χ2n) is 5.65. The molecule has 1 saturated heterocycles. The molecule has 130 valence electrons. The van der Waals surface area contributed by atoms with Gasteiger partial charge in [0.2, 0.25) is 5.91 Å². The average Bonchev–Trinajstić information content (AvgIpc) is 2.56. The molecule has 0 radical (unpaired) electrons. The number of nitrogens with one attached hydrogen (secondary N) is 2. The fourth-order valence-corrected chi connectivity index (χ4v) is 2.61. The molecule has 0 unspecified atom stereocenters. The van der Waals surface area contributed by atoms with E-state index in [4.69, 9.17) is 9.47 Å². The van der Waals surface area contributed by atoms with Crippen molar-refractivity contribution in [3.63, 3.8) is 0 Å². The molecule has 0 saturated carbocycles. The summed E-state index contributed by atoms with van der Waals surface area (Å²) in [7, 11) is 1.64. The summed E-state index contributed by atoms with van der Waals surface area (Å²) in [5.74, 6) is 1.56. The van der Waals surface area contributed by atoms with Gasteiger partial charge in [0.1, 0.15) is 12.4 Å². The second-order valence-corrected chi connectivity index (χ2v) is 5.65. The van der Waals surface area contributed by atoms with Crippen LogP contribution >= 0.6 is 12.4 Å². The number of halogens is 1. The lowest BCUT2D eigenvalue weighted by atomic mass is 9.93. The van der Waals surface area contributed by atoms with Crippen molar-refractivity contribution >= 4 is 24.0 Å². The normalized spacial score (nSPS) is 14.8. The maximum Gasteiger partial charge on any atom is 0.224 e. The molecule has 6 heteroatoms. The number of piperidine rings is 1. The zero-order chi connectivity index (χ0) is 15.6. The molecule has 0 bridgehead atoms. The van der Waals surface area contributed by atoms with E-state index in [0.717, 1.165) is 30.9 Å². The van der Waals surface area contributed by atoms with Crippen molar-refractivity contribution in [3.05, 3.63) is 24.3 Å². The largest absolute Gasteiger partial charge is 0.491 e. The van der Waals surface area contributed by atoms with Crippen LogP contribution in [0.1, 0.15) is 25.7 Å². The van der Waals surface area contributed by atoms with Crippen LogP contribution in [-0.2, 0) is 9.53 Å². The zero-order valence-electron chi connectivity index (χ0n) is 13.7. The van der Waals surface area contributed by atoms with E-state index in [2.05, 4.69) is 10.6 Å². The Hall–Kier alpha value is -1.30. The number of ether oxygens (including phenoxy) is 2. The van der Waals surface area contributed by atoms with Gasteiger partial charge in [-0.25, -0.2) is 0 Å². The minimum absolute atomic E-state index is 0. The molecule has 23 heavy (non-hydrogen) atoms. The summed E-state index contributed by atoms with van der Waals surface area (Å²) in [6.45, 7) is 3.25. The van der Waals surface area contributed by atoms with Crippen molar-refractivity contribution in [2.75, 3.05) is 38.7 Å². The number of methoxy groups -OCH3 is 1. The first-order valence-corrected chi connectivity index (χ1v) is 8.00. The van der Waals surface area contributed by atoms with Crippen LogP contribution in [0, 0.1) is 5.92 Å². The van der Waals surface area contributed by atoms with Crippen molar-refractivity contribution in [2.24, 2.45) is 5.92 Å². The monoisotopic (exact) mass is 342 g/mol. The fraction of sp³-hybridized carbons (Fsp3) is 0.588. The third kappa shape index (κ3) is 7.68. The first kappa shape index (κ1) is 19.7. The third-order valence-corrected chi connectivity index (χ3v) is 3.93. The molecule has 0 aromatic heterocycles. The molecule has 2 N–H and O–H groups in total. The van der Waals surface area contributed by atoms with E-state index < -0.39 is 0 Å². The smallest absolute Gasteiger partial charge is 0.224 e. The molecule has 1 amide bonds. The summed E-state index contributed by atoms with van der Waals surface area (Å²) in [5.41, 5.74) is 0.814. The summed E-state index contributed by atoms with van der Waals surface area (Å²) in [6, 6.07) is 7.45. The molecule has 0 atom stereocenters. The standard InChI is InChI=1S/C17H26N2O3.ClH/c1-21-12-13-22-16-5-3-15(4-6-16)19-17(20)7-2-14-8-10-18-11-9-14;/h3-6,14,18H,2,7-13H2,1H3,(H,19,20);1H. The van der Waals surface area contributed by atoms with E-state index in [0.29, 0.717) is 25.6 Å². The van der Waals surface area contributed by atoms with Crippen LogP contribution < -0.4 is 15.4 Å². The van der Waals surface area contributed by atoms with Gasteiger partial charge in [-0.2, -0.15) is 0 Å². The molecule has 0 aliphatic carbocycles. The van der Waals surface area contributed by atoms with Crippen LogP contribution in [-0.4, -0.2) is 39.3 Å². The number of hydrogen-bond donors (Lipinski definition) is 2. The van der Waals surface area contributed by atoms with Gasteiger partial charge in [-0.1, -0.05) is 0 Å². The zero-order valence-corrected chi connectivity index (χ0v) is 14.5. The maximum atomic E-state index is 12.0. The Morgan fingerprint density at radius 1 is 1.22 bits per heavy atom. The number of hydrogen-bond acceptors (Lipinski definition) is 4. The lowest BCUT2D eigenvalue weighted by Crippen LogP contribution is -2.28. The van der Waals surface area contributed by atoms with Gasteiger partial charge in [0.25, 0.3) is 0 Å². The van der Waals surface area contributed by atoms with Gasteiger partial charge < -0.3 is 20.1 Å². The van der Waals surface area contributed by atoms with Gasteiger partial charge in [0.15, 0.2) is 0 Å². The Kier molecular flexibility index (Phi) is 9.67. The molecular formula is C17H27ClN2O3. The van der Waals surface area contributed by atoms with Gasteiger partial charge in [0, 0.05) is 19.2 Å². The number of anilines is 1. The Labute approximate surface area is 144 Å². The van der Waals surface area contributed by atoms with Gasteiger partial charge in [-0.3, -0.25) is 4.79 Å². The van der Waals surface area contributed by atoms with Crippen molar-refractivity contribution in [2.45, 2.75) is 25.7 Å². The quantitative estimate of drug-likeness (QED) is 0.713. The Bertz CT molecular complexity index is 448. The van der Waals surface area contributed by atoms with E-state index in [1.165, 1.54) is 12.8 Å². The summed E-state index contributed by atoms with van der Waals surface area (Å²) in [5, 5.41) is 6.29. The predicted octanol–water partition coefficient (Wildman–Crippen LogP) is 2.85. The molecule has 1 heterocycles. The van der Waals surface area contributed by atoms with Gasteiger partial charge >= 0.3 is 0 Å². The lowest BCUT2D eigenvalue weighted by Gasteiger charge is -2.22. The maximum absolute atomic E-state index is 12.0. The Morgan fingerprint density at radius 2 is 1.91 bits per heavy atom. The highest BCUT2D eigenvalue weighted by Crippen LogP contribution is 2.19. The first-order chi connectivity index (χ1) is 10.8. The van der Waals surface area contributed by atoms with Crippen molar-refractivity contribution in [1.82, 2.24) is 5.32 Å². The topological polar surface area (TPSA) is 59.6 Å². The fourth-order valence-electron chi connectivity index (χ4n) is 2.61. The summed E-state index contributed by atoms with van der Waals surface area (Å²) >= 11 is 0. The second kappa shape index (κ2) is 11.3. The molecule has 5 nitrogen and oxygen atoms in total. The van der Waals surface area contributed by atoms with Crippen LogP contribution in [0.3, 0.4) is 0 Å². The molecule has 1 aliphatic heterocycles. The molecular weight excluding hydrogens is 316 g/mol. The molecule has 1 aliphatic rings. The van der Waals surface area contributed by atoms with Crippen LogP contribution in [0.2, 0.25) is 0 Å². The highest BCUT2D eigenvalue weighted by atomic mass is 35.5. The van der Waals surface area contributed by atoms with Crippen LogP contribution in [0.5, 0.6) is 5.75 Å². The number of benzene rings is 1. The third-order valence-electron chi connectivity index (χ3n) is 3.93. The molecule has 2 rings (SSSR count). The van der Waals surface area contributed by atoms with Gasteiger partial charge in [-0.15, -0.1) is 12.4 Å². The van der Waals surface area contributed by atoms with Crippen molar-refractivity contribution < 1.29 is 14.3 Å². The van der Waals surface area contributed by atoms with Crippen molar-refractivity contribution in [3.8, 4) is 5.75 Å². The summed E-state index contributed by atoms with van der Waals surface area (Å²) < 4.78 is 10.4. The van der Waals surface area contributed by atoms with Crippen LogP contribution in [0.4, 0.5) is 5.69 Å². The number of rotatable bonds is 8. The summed E-state index contributed by atoms with van der Waals surface area (Å²) in [4.78, 5) is 12.0. The number of carbonyl (C=O) groups excluding carboxylic acids is 1. The highest BCUT2D eigenvalue weighted by Gasteiger charge is 2.14. The van der Waals surface area contributed by atoms with E-state index in [1.807, 2.05) is 24.3 Å².